The van der Waals surface area contributed by atoms with Crippen LogP contribution in [0.2, 0.25) is 0 Å². The van der Waals surface area contributed by atoms with Gasteiger partial charge < -0.3 is 14.9 Å². The number of aromatic carboxylic acids is 1. The number of benzene rings is 2. The van der Waals surface area contributed by atoms with Gasteiger partial charge >= 0.3 is 5.97 Å². The number of hydrogen-bond donors (Lipinski definition) is 3. The summed E-state index contributed by atoms with van der Waals surface area (Å²) in [5.41, 5.74) is 0.592. The fourth-order valence-electron chi connectivity index (χ4n) is 2.74. The molecule has 2 amide bonds. The molecule has 1 heterocycles. The van der Waals surface area contributed by atoms with Crippen LogP contribution in [0.15, 0.2) is 46.4 Å². The molecule has 1 aliphatic rings. The van der Waals surface area contributed by atoms with E-state index in [4.69, 9.17) is 22.1 Å². The maximum Gasteiger partial charge on any atom is 0.335 e. The average molecular weight is 491 g/mol. The summed E-state index contributed by atoms with van der Waals surface area (Å²) in [5, 5.41) is 21.3. The molecule has 1 fully saturated rings. The van der Waals surface area contributed by atoms with Gasteiger partial charge in [0.25, 0.3) is 11.8 Å². The summed E-state index contributed by atoms with van der Waals surface area (Å²) in [4.78, 5) is 37.6. The third-order valence-electron chi connectivity index (χ3n) is 4.15. The fourth-order valence-corrected chi connectivity index (χ4v) is 3.47. The van der Waals surface area contributed by atoms with E-state index < -0.39 is 17.8 Å². The summed E-state index contributed by atoms with van der Waals surface area (Å²) < 4.78 is 5.79. The first-order valence-corrected chi connectivity index (χ1v) is 9.83. The van der Waals surface area contributed by atoms with E-state index in [0.717, 1.165) is 4.90 Å². The molecule has 3 rings (SSSR count). The monoisotopic (exact) mass is 490 g/mol. The number of carboxylic acid groups (broad SMARTS) is 1. The van der Waals surface area contributed by atoms with E-state index in [2.05, 4.69) is 21.2 Å². The van der Waals surface area contributed by atoms with Crippen molar-refractivity contribution in [3.05, 3.63) is 57.6 Å². The Labute approximate surface area is 184 Å². The third-order valence-corrected chi connectivity index (χ3v) is 5.12. The van der Waals surface area contributed by atoms with E-state index in [1.807, 2.05) is 0 Å². The Hall–Kier alpha value is -3.24. The molecule has 0 radical (unpaired) electrons. The SMILES string of the molecule is CCOc1cc(/C=C2\C(=O)NC(=S)N(c3ccc(C(=O)O)cc3)C2=O)c(Br)cc1O. The predicted octanol–water partition coefficient (Wildman–Crippen LogP) is 3.08. The molecule has 1 saturated heterocycles. The van der Waals surface area contributed by atoms with Gasteiger partial charge in [-0.25, -0.2) is 4.79 Å². The number of nitrogens with one attached hydrogen (secondary N) is 1. The highest BCUT2D eigenvalue weighted by Crippen LogP contribution is 2.34. The third kappa shape index (κ3) is 4.19. The minimum Gasteiger partial charge on any atom is -0.504 e. The number of aromatic hydroxyl groups is 1. The Kier molecular flexibility index (Phi) is 6.18. The van der Waals surface area contributed by atoms with E-state index in [9.17, 15) is 19.5 Å². The largest absolute Gasteiger partial charge is 0.504 e. The van der Waals surface area contributed by atoms with Crippen LogP contribution >= 0.6 is 28.1 Å². The van der Waals surface area contributed by atoms with Crippen LogP contribution in [-0.4, -0.2) is 39.7 Å². The summed E-state index contributed by atoms with van der Waals surface area (Å²) in [6, 6.07) is 8.40. The summed E-state index contributed by atoms with van der Waals surface area (Å²) in [6.45, 7) is 2.07. The van der Waals surface area contributed by atoms with Crippen molar-refractivity contribution in [1.29, 1.82) is 0 Å². The zero-order valence-corrected chi connectivity index (χ0v) is 17.9. The molecule has 0 atom stereocenters. The van der Waals surface area contributed by atoms with Crippen LogP contribution in [-0.2, 0) is 9.59 Å². The second-order valence-corrected chi connectivity index (χ2v) is 7.33. The van der Waals surface area contributed by atoms with Gasteiger partial charge in [-0.05, 0) is 67.2 Å². The number of carbonyl (C=O) groups is 3. The van der Waals surface area contributed by atoms with Crippen molar-refractivity contribution in [3.63, 3.8) is 0 Å². The van der Waals surface area contributed by atoms with Crippen molar-refractivity contribution in [2.75, 3.05) is 11.5 Å². The van der Waals surface area contributed by atoms with Crippen LogP contribution in [0, 0.1) is 0 Å². The normalized spacial score (nSPS) is 15.3. The van der Waals surface area contributed by atoms with Gasteiger partial charge in [0.2, 0.25) is 0 Å². The molecule has 3 N–H and O–H groups in total. The number of halogens is 1. The topological polar surface area (TPSA) is 116 Å². The molecule has 30 heavy (non-hydrogen) atoms. The highest BCUT2D eigenvalue weighted by atomic mass is 79.9. The van der Waals surface area contributed by atoms with E-state index in [1.54, 1.807) is 6.92 Å². The molecule has 8 nitrogen and oxygen atoms in total. The van der Waals surface area contributed by atoms with Crippen molar-refractivity contribution >= 4 is 62.8 Å². The van der Waals surface area contributed by atoms with E-state index >= 15 is 0 Å². The number of anilines is 1. The number of rotatable bonds is 5. The Morgan fingerprint density at radius 2 is 1.93 bits per heavy atom. The van der Waals surface area contributed by atoms with Crippen molar-refractivity contribution in [2.24, 2.45) is 0 Å². The van der Waals surface area contributed by atoms with Crippen molar-refractivity contribution in [2.45, 2.75) is 6.92 Å². The zero-order chi connectivity index (χ0) is 22.0. The van der Waals surface area contributed by atoms with Crippen LogP contribution in [0.1, 0.15) is 22.8 Å². The van der Waals surface area contributed by atoms with E-state index in [-0.39, 0.29) is 27.7 Å². The zero-order valence-electron chi connectivity index (χ0n) is 15.5. The number of nitrogens with zero attached hydrogens (tertiary/aromatic N) is 1. The van der Waals surface area contributed by atoms with Crippen LogP contribution in [0.5, 0.6) is 11.5 Å². The number of thiocarbonyl (C=S) groups is 1. The second kappa shape index (κ2) is 8.64. The maximum atomic E-state index is 13.1. The van der Waals surface area contributed by atoms with Gasteiger partial charge in [-0.2, -0.15) is 0 Å². The van der Waals surface area contributed by atoms with Gasteiger partial charge in [-0.1, -0.05) is 15.9 Å². The van der Waals surface area contributed by atoms with E-state index in [1.165, 1.54) is 42.5 Å². The van der Waals surface area contributed by atoms with Gasteiger partial charge in [-0.15, -0.1) is 0 Å². The molecule has 0 bridgehead atoms. The highest BCUT2D eigenvalue weighted by Gasteiger charge is 2.34. The lowest BCUT2D eigenvalue weighted by Crippen LogP contribution is -2.54. The van der Waals surface area contributed by atoms with Crippen LogP contribution in [0.3, 0.4) is 0 Å². The number of ether oxygens (including phenoxy) is 1. The number of hydrogen-bond acceptors (Lipinski definition) is 6. The molecular weight excluding hydrogens is 476 g/mol. The molecule has 1 aliphatic heterocycles. The lowest BCUT2D eigenvalue weighted by Gasteiger charge is -2.29. The summed E-state index contributed by atoms with van der Waals surface area (Å²) in [5.74, 6) is -2.35. The molecule has 0 aliphatic carbocycles. The first kappa shape index (κ1) is 21.5. The standard InChI is InChI=1S/C20H15BrN2O6S/c1-2-29-16-8-11(14(21)9-15(16)24)7-13-17(25)22-20(30)23(18(13)26)12-5-3-10(4-6-12)19(27)28/h3-9,24H,2H2,1H3,(H,27,28)(H,22,25,30)/b13-7+. The Morgan fingerprint density at radius 1 is 1.27 bits per heavy atom. The summed E-state index contributed by atoms with van der Waals surface area (Å²) >= 11 is 8.43. The number of phenolic OH excluding ortho intramolecular Hbond substituents is 1. The predicted molar refractivity (Wildman–Crippen MR) is 117 cm³/mol. The molecule has 0 aromatic heterocycles. The molecule has 0 saturated carbocycles. The molecule has 0 unspecified atom stereocenters. The summed E-state index contributed by atoms with van der Waals surface area (Å²) in [6.07, 6.45) is 1.35. The lowest BCUT2D eigenvalue weighted by molar-refractivity contribution is -0.122. The Morgan fingerprint density at radius 3 is 2.53 bits per heavy atom. The fraction of sp³-hybridized carbons (Fsp3) is 0.100. The molecule has 10 heteroatoms. The van der Waals surface area contributed by atoms with E-state index in [0.29, 0.717) is 22.3 Å². The minimum absolute atomic E-state index is 0.0467. The Balaban J connectivity index is 2.02. The molecule has 154 valence electrons. The number of carboxylic acids is 1. The quantitative estimate of drug-likeness (QED) is 0.335. The average Bonchev–Trinajstić information content (AvgIpc) is 2.68. The van der Waals surface area contributed by atoms with Crippen molar-refractivity contribution in [3.8, 4) is 11.5 Å². The van der Waals surface area contributed by atoms with Gasteiger partial charge in [0.15, 0.2) is 16.6 Å². The number of amides is 2. The smallest absolute Gasteiger partial charge is 0.335 e. The minimum atomic E-state index is -1.11. The number of carbonyl (C=O) groups excluding carboxylic acids is 2. The van der Waals surface area contributed by atoms with Crippen LogP contribution in [0.4, 0.5) is 5.69 Å². The van der Waals surface area contributed by atoms with Gasteiger partial charge in [0.1, 0.15) is 5.57 Å². The molecular formula is C20H15BrN2O6S. The highest BCUT2D eigenvalue weighted by molar-refractivity contribution is 9.10. The van der Waals surface area contributed by atoms with Gasteiger partial charge in [0, 0.05) is 4.47 Å². The first-order chi connectivity index (χ1) is 14.2. The second-order valence-electron chi connectivity index (χ2n) is 6.08. The molecule has 0 spiro atoms. The maximum absolute atomic E-state index is 13.1. The van der Waals surface area contributed by atoms with Crippen LogP contribution in [0.25, 0.3) is 6.08 Å². The summed E-state index contributed by atoms with van der Waals surface area (Å²) in [7, 11) is 0. The Bertz CT molecular complexity index is 1100. The molecule has 2 aromatic carbocycles. The van der Waals surface area contributed by atoms with Crippen LogP contribution < -0.4 is 15.0 Å². The first-order valence-electron chi connectivity index (χ1n) is 8.63. The van der Waals surface area contributed by atoms with Gasteiger partial charge in [-0.3, -0.25) is 19.8 Å². The van der Waals surface area contributed by atoms with Crippen molar-refractivity contribution < 1.29 is 29.3 Å². The number of phenols is 1. The lowest BCUT2D eigenvalue weighted by atomic mass is 10.1. The van der Waals surface area contributed by atoms with Crippen molar-refractivity contribution in [1.82, 2.24) is 5.32 Å². The molecule has 2 aromatic rings. The van der Waals surface area contributed by atoms with Gasteiger partial charge in [0.05, 0.1) is 17.9 Å².